The summed E-state index contributed by atoms with van der Waals surface area (Å²) >= 11 is 0. The number of hydrogen-bond donors (Lipinski definition) is 1. The maximum Gasteiger partial charge on any atom is 0.410 e. The van der Waals surface area contributed by atoms with Crippen LogP contribution in [0.3, 0.4) is 0 Å². The lowest BCUT2D eigenvalue weighted by Crippen LogP contribution is -2.62. The number of amides is 1. The highest BCUT2D eigenvalue weighted by Gasteiger charge is 2.59. The zero-order chi connectivity index (χ0) is 14.0. The van der Waals surface area contributed by atoms with Crippen molar-refractivity contribution >= 4 is 11.9 Å². The summed E-state index contributed by atoms with van der Waals surface area (Å²) in [5, 5.41) is 9.62. The van der Waals surface area contributed by atoms with Crippen LogP contribution in [-0.4, -0.2) is 47.2 Å². The Labute approximate surface area is 113 Å². The Morgan fingerprint density at radius 3 is 2.89 bits per heavy atom. The fourth-order valence-corrected chi connectivity index (χ4v) is 3.84. The molecule has 5 heteroatoms. The first kappa shape index (κ1) is 14.3. The SMILES string of the molecule is CCCC[C@@]12CC[C@@H](CC(=O)[C@H]1CO)N2C(=O)OC. The third kappa shape index (κ3) is 2.14. The van der Waals surface area contributed by atoms with Crippen molar-refractivity contribution in [2.24, 2.45) is 5.92 Å². The quantitative estimate of drug-likeness (QED) is 0.844. The van der Waals surface area contributed by atoms with Gasteiger partial charge in [-0.15, -0.1) is 0 Å². The van der Waals surface area contributed by atoms with E-state index in [1.54, 1.807) is 4.90 Å². The Morgan fingerprint density at radius 1 is 1.58 bits per heavy atom. The monoisotopic (exact) mass is 269 g/mol. The number of carbonyl (C=O) groups is 2. The van der Waals surface area contributed by atoms with Crippen molar-refractivity contribution in [2.45, 2.75) is 57.0 Å². The lowest BCUT2D eigenvalue weighted by Gasteiger charge is -2.48. The van der Waals surface area contributed by atoms with Gasteiger partial charge in [0, 0.05) is 12.5 Å². The normalized spacial score (nSPS) is 33.6. The van der Waals surface area contributed by atoms with Crippen molar-refractivity contribution in [2.75, 3.05) is 13.7 Å². The molecule has 2 saturated heterocycles. The number of fused-ring (bicyclic) bond motifs is 2. The van der Waals surface area contributed by atoms with E-state index in [1.807, 2.05) is 0 Å². The van der Waals surface area contributed by atoms with E-state index in [2.05, 4.69) is 6.92 Å². The van der Waals surface area contributed by atoms with Crippen LogP contribution in [0.5, 0.6) is 0 Å². The fourth-order valence-electron chi connectivity index (χ4n) is 3.84. The van der Waals surface area contributed by atoms with E-state index in [1.165, 1.54) is 7.11 Å². The van der Waals surface area contributed by atoms with Crippen LogP contribution in [-0.2, 0) is 9.53 Å². The molecule has 0 aromatic rings. The molecule has 0 saturated carbocycles. The number of aliphatic hydroxyl groups is 1. The average molecular weight is 269 g/mol. The third-order valence-corrected chi connectivity index (χ3v) is 4.75. The van der Waals surface area contributed by atoms with E-state index in [9.17, 15) is 14.7 Å². The molecule has 0 aromatic heterocycles. The van der Waals surface area contributed by atoms with Gasteiger partial charge in [0.25, 0.3) is 0 Å². The summed E-state index contributed by atoms with van der Waals surface area (Å²) in [7, 11) is 1.37. The standard InChI is InChI=1S/C14H23NO4/c1-3-4-6-14-7-5-10(15(14)13(18)19-2)8-12(17)11(14)9-16/h10-11,16H,3-9H2,1-2H3/t10-,11+,14+/m0/s1. The Balaban J connectivity index is 2.36. The van der Waals surface area contributed by atoms with E-state index in [0.717, 1.165) is 32.1 Å². The Bertz CT molecular complexity index is 370. The predicted molar refractivity (Wildman–Crippen MR) is 69.7 cm³/mol. The average Bonchev–Trinajstić information content (AvgIpc) is 2.69. The number of carbonyl (C=O) groups excluding carboxylic acids is 2. The lowest BCUT2D eigenvalue weighted by atomic mass is 9.74. The number of methoxy groups -OCH3 is 1. The van der Waals surface area contributed by atoms with Crippen LogP contribution in [0, 0.1) is 5.92 Å². The fraction of sp³-hybridized carbons (Fsp3) is 0.857. The molecule has 0 aromatic carbocycles. The number of aliphatic hydroxyl groups excluding tert-OH is 1. The number of rotatable bonds is 4. The molecule has 1 N–H and O–H groups in total. The number of ether oxygens (including phenoxy) is 1. The molecular weight excluding hydrogens is 246 g/mol. The first-order chi connectivity index (χ1) is 9.10. The molecular formula is C14H23NO4. The molecule has 2 fully saturated rings. The molecule has 2 heterocycles. The molecule has 0 radical (unpaired) electrons. The van der Waals surface area contributed by atoms with Crippen LogP contribution in [0.2, 0.25) is 0 Å². The molecule has 0 unspecified atom stereocenters. The zero-order valence-electron chi connectivity index (χ0n) is 11.7. The van der Waals surface area contributed by atoms with Crippen molar-refractivity contribution < 1.29 is 19.4 Å². The van der Waals surface area contributed by atoms with Crippen LogP contribution in [0.15, 0.2) is 0 Å². The van der Waals surface area contributed by atoms with E-state index in [0.29, 0.717) is 6.42 Å². The van der Waals surface area contributed by atoms with Crippen molar-refractivity contribution in [3.8, 4) is 0 Å². The largest absolute Gasteiger partial charge is 0.453 e. The topological polar surface area (TPSA) is 66.8 Å². The summed E-state index contributed by atoms with van der Waals surface area (Å²) in [5.41, 5.74) is -0.516. The maximum atomic E-state index is 12.2. The number of piperidine rings is 1. The second-order valence-electron chi connectivity index (χ2n) is 5.65. The minimum Gasteiger partial charge on any atom is -0.453 e. The summed E-state index contributed by atoms with van der Waals surface area (Å²) in [6.07, 6.45) is 4.35. The van der Waals surface area contributed by atoms with Crippen LogP contribution in [0.4, 0.5) is 4.79 Å². The minimum atomic E-state index is -0.516. The van der Waals surface area contributed by atoms with Crippen LogP contribution in [0.1, 0.15) is 45.4 Å². The number of ketones is 1. The van der Waals surface area contributed by atoms with Gasteiger partial charge in [-0.25, -0.2) is 4.79 Å². The first-order valence-corrected chi connectivity index (χ1v) is 7.11. The van der Waals surface area contributed by atoms with Gasteiger partial charge in [-0.1, -0.05) is 19.8 Å². The van der Waals surface area contributed by atoms with Gasteiger partial charge in [0.2, 0.25) is 0 Å². The van der Waals surface area contributed by atoms with E-state index in [-0.39, 0.29) is 24.5 Å². The number of nitrogens with zero attached hydrogens (tertiary/aromatic N) is 1. The van der Waals surface area contributed by atoms with Gasteiger partial charge in [-0.2, -0.15) is 0 Å². The molecule has 0 aliphatic carbocycles. The van der Waals surface area contributed by atoms with Crippen LogP contribution in [0.25, 0.3) is 0 Å². The maximum absolute atomic E-state index is 12.2. The summed E-state index contributed by atoms with van der Waals surface area (Å²) < 4.78 is 4.90. The van der Waals surface area contributed by atoms with E-state index >= 15 is 0 Å². The summed E-state index contributed by atoms with van der Waals surface area (Å²) in [6, 6.07) is -0.0420. The summed E-state index contributed by atoms with van der Waals surface area (Å²) in [4.78, 5) is 26.0. The van der Waals surface area contributed by atoms with Crippen molar-refractivity contribution in [1.82, 2.24) is 4.90 Å². The molecule has 0 spiro atoms. The van der Waals surface area contributed by atoms with Gasteiger partial charge in [0.15, 0.2) is 0 Å². The predicted octanol–water partition coefficient (Wildman–Crippen LogP) is 1.73. The van der Waals surface area contributed by atoms with Crippen molar-refractivity contribution in [1.29, 1.82) is 0 Å². The van der Waals surface area contributed by atoms with Crippen LogP contribution < -0.4 is 0 Å². The Hall–Kier alpha value is -1.10. The molecule has 1 amide bonds. The summed E-state index contributed by atoms with van der Waals surface area (Å²) in [5.74, 6) is -0.349. The Morgan fingerprint density at radius 2 is 2.32 bits per heavy atom. The molecule has 3 atom stereocenters. The van der Waals surface area contributed by atoms with Gasteiger partial charge in [-0.3, -0.25) is 9.69 Å². The molecule has 19 heavy (non-hydrogen) atoms. The van der Waals surface area contributed by atoms with E-state index < -0.39 is 11.5 Å². The molecule has 2 aliphatic rings. The number of hydrogen-bond acceptors (Lipinski definition) is 4. The Kier molecular flexibility index (Phi) is 4.13. The first-order valence-electron chi connectivity index (χ1n) is 7.11. The van der Waals surface area contributed by atoms with Gasteiger partial charge >= 0.3 is 6.09 Å². The highest BCUT2D eigenvalue weighted by atomic mass is 16.5. The summed E-state index contributed by atoms with van der Waals surface area (Å²) in [6.45, 7) is 1.91. The minimum absolute atomic E-state index is 0.0420. The molecule has 2 rings (SSSR count). The van der Waals surface area contributed by atoms with E-state index in [4.69, 9.17) is 4.74 Å². The van der Waals surface area contributed by atoms with Gasteiger partial charge in [0.05, 0.1) is 25.2 Å². The zero-order valence-corrected chi connectivity index (χ0v) is 11.7. The second-order valence-corrected chi connectivity index (χ2v) is 5.65. The highest BCUT2D eigenvalue weighted by Crippen LogP contribution is 2.49. The number of unbranched alkanes of at least 4 members (excludes halogenated alkanes) is 1. The molecule has 108 valence electrons. The molecule has 5 nitrogen and oxygen atoms in total. The molecule has 2 bridgehead atoms. The highest BCUT2D eigenvalue weighted by molar-refractivity contribution is 5.87. The van der Waals surface area contributed by atoms with Crippen LogP contribution >= 0.6 is 0 Å². The van der Waals surface area contributed by atoms with Gasteiger partial charge in [-0.05, 0) is 19.3 Å². The van der Waals surface area contributed by atoms with Crippen molar-refractivity contribution in [3.63, 3.8) is 0 Å². The second kappa shape index (κ2) is 5.49. The third-order valence-electron chi connectivity index (χ3n) is 4.75. The van der Waals surface area contributed by atoms with Crippen molar-refractivity contribution in [3.05, 3.63) is 0 Å². The smallest absolute Gasteiger partial charge is 0.410 e. The van der Waals surface area contributed by atoms with Gasteiger partial charge < -0.3 is 9.84 Å². The number of Topliss-reactive ketones (excluding diaryl/α,β-unsaturated/α-hetero) is 1. The lowest BCUT2D eigenvalue weighted by molar-refractivity contribution is -0.136. The molecule has 2 aliphatic heterocycles. The van der Waals surface area contributed by atoms with Gasteiger partial charge in [0.1, 0.15) is 5.78 Å².